The lowest BCUT2D eigenvalue weighted by Gasteiger charge is -2.19. The number of halogens is 1. The maximum atomic E-state index is 11.7. The van der Waals surface area contributed by atoms with Crippen molar-refractivity contribution in [3.63, 3.8) is 0 Å². The Hall–Kier alpha value is -1.76. The molecule has 1 aromatic carbocycles. The van der Waals surface area contributed by atoms with Crippen molar-refractivity contribution >= 4 is 38.8 Å². The topological polar surface area (TPSA) is 76.9 Å². The quantitative estimate of drug-likeness (QED) is 0.802. The van der Waals surface area contributed by atoms with Gasteiger partial charge in [-0.15, -0.1) is 0 Å². The molecule has 0 radical (unpaired) electrons. The molecule has 2 heterocycles. The minimum Gasteiger partial charge on any atom is -0.295 e. The number of nitrogens with one attached hydrogen (secondary N) is 1. The fourth-order valence-corrected chi connectivity index (χ4v) is 2.30. The van der Waals surface area contributed by atoms with E-state index in [-0.39, 0.29) is 11.8 Å². The van der Waals surface area contributed by atoms with Gasteiger partial charge in [-0.25, -0.2) is 0 Å². The number of benzene rings is 1. The van der Waals surface area contributed by atoms with E-state index >= 15 is 0 Å². The van der Waals surface area contributed by atoms with Crippen LogP contribution >= 0.6 is 15.9 Å². The Bertz CT molecular complexity index is 652. The minimum atomic E-state index is -0.506. The SMILES string of the molecule is O=C1CCC(n2nc3ccc(Br)cc3n2)C(=O)N1. The maximum absolute atomic E-state index is 11.7. The number of amides is 2. The van der Waals surface area contributed by atoms with Crippen LogP contribution < -0.4 is 5.32 Å². The first-order valence-corrected chi connectivity index (χ1v) is 6.28. The molecule has 6 nitrogen and oxygen atoms in total. The third kappa shape index (κ3) is 1.90. The monoisotopic (exact) mass is 308 g/mol. The van der Waals surface area contributed by atoms with Gasteiger partial charge in [0.25, 0.3) is 5.91 Å². The smallest absolute Gasteiger partial charge is 0.253 e. The molecule has 2 aromatic rings. The van der Waals surface area contributed by atoms with Crippen LogP contribution in [-0.2, 0) is 9.59 Å². The van der Waals surface area contributed by atoms with Crippen LogP contribution in [0.4, 0.5) is 0 Å². The van der Waals surface area contributed by atoms with Gasteiger partial charge >= 0.3 is 0 Å². The van der Waals surface area contributed by atoms with Gasteiger partial charge in [0.15, 0.2) is 6.04 Å². The molecule has 1 saturated heterocycles. The van der Waals surface area contributed by atoms with Gasteiger partial charge in [0.2, 0.25) is 5.91 Å². The van der Waals surface area contributed by atoms with E-state index in [1.807, 2.05) is 18.2 Å². The molecule has 18 heavy (non-hydrogen) atoms. The molecule has 2 amide bonds. The fourth-order valence-electron chi connectivity index (χ4n) is 1.95. The summed E-state index contributed by atoms with van der Waals surface area (Å²) >= 11 is 3.36. The van der Waals surface area contributed by atoms with Gasteiger partial charge in [0.05, 0.1) is 0 Å². The molecule has 0 aliphatic carbocycles. The zero-order valence-electron chi connectivity index (χ0n) is 9.26. The van der Waals surface area contributed by atoms with Crippen molar-refractivity contribution in [2.45, 2.75) is 18.9 Å². The van der Waals surface area contributed by atoms with Crippen LogP contribution in [0.2, 0.25) is 0 Å². The first-order chi connectivity index (χ1) is 8.63. The van der Waals surface area contributed by atoms with Crippen LogP contribution in [0.15, 0.2) is 22.7 Å². The van der Waals surface area contributed by atoms with Crippen LogP contribution in [-0.4, -0.2) is 26.8 Å². The Morgan fingerprint density at radius 1 is 1.28 bits per heavy atom. The Balaban J connectivity index is 1.99. The molecule has 0 saturated carbocycles. The number of fused-ring (bicyclic) bond motifs is 1. The van der Waals surface area contributed by atoms with Crippen LogP contribution in [0.3, 0.4) is 0 Å². The molecular formula is C11H9BrN4O2. The van der Waals surface area contributed by atoms with Crippen molar-refractivity contribution in [2.75, 3.05) is 0 Å². The van der Waals surface area contributed by atoms with E-state index in [0.717, 1.165) is 9.99 Å². The molecule has 1 aromatic heterocycles. The summed E-state index contributed by atoms with van der Waals surface area (Å²) in [7, 11) is 0. The average molecular weight is 309 g/mol. The second-order valence-corrected chi connectivity index (χ2v) is 5.04. The summed E-state index contributed by atoms with van der Waals surface area (Å²) in [6.45, 7) is 0. The van der Waals surface area contributed by atoms with Crippen molar-refractivity contribution in [2.24, 2.45) is 0 Å². The van der Waals surface area contributed by atoms with E-state index in [2.05, 4.69) is 31.4 Å². The van der Waals surface area contributed by atoms with Crippen LogP contribution in [0.25, 0.3) is 11.0 Å². The highest BCUT2D eigenvalue weighted by Gasteiger charge is 2.29. The van der Waals surface area contributed by atoms with E-state index in [1.165, 1.54) is 4.80 Å². The fraction of sp³-hybridized carbons (Fsp3) is 0.273. The van der Waals surface area contributed by atoms with Crippen molar-refractivity contribution < 1.29 is 9.59 Å². The van der Waals surface area contributed by atoms with E-state index in [0.29, 0.717) is 18.4 Å². The lowest BCUT2D eigenvalue weighted by atomic mass is 10.1. The molecule has 1 fully saturated rings. The van der Waals surface area contributed by atoms with E-state index in [9.17, 15) is 9.59 Å². The molecular weight excluding hydrogens is 300 g/mol. The van der Waals surface area contributed by atoms with Crippen molar-refractivity contribution in [1.82, 2.24) is 20.3 Å². The third-order valence-electron chi connectivity index (χ3n) is 2.85. The highest BCUT2D eigenvalue weighted by molar-refractivity contribution is 9.10. The normalized spacial score (nSPS) is 20.2. The Kier molecular flexibility index (Phi) is 2.62. The van der Waals surface area contributed by atoms with Crippen LogP contribution in [0.1, 0.15) is 18.9 Å². The Labute approximate surface area is 110 Å². The van der Waals surface area contributed by atoms with E-state index in [1.54, 1.807) is 0 Å². The summed E-state index contributed by atoms with van der Waals surface area (Å²) < 4.78 is 0.908. The second-order valence-electron chi connectivity index (χ2n) is 4.12. The molecule has 1 N–H and O–H groups in total. The first-order valence-electron chi connectivity index (χ1n) is 5.49. The Morgan fingerprint density at radius 2 is 2.06 bits per heavy atom. The van der Waals surface area contributed by atoms with Gasteiger partial charge in [0.1, 0.15) is 11.0 Å². The van der Waals surface area contributed by atoms with Gasteiger partial charge < -0.3 is 0 Å². The summed E-state index contributed by atoms with van der Waals surface area (Å²) in [4.78, 5) is 24.2. The number of carbonyl (C=O) groups excluding carboxylic acids is 2. The number of aromatic nitrogens is 3. The maximum Gasteiger partial charge on any atom is 0.253 e. The van der Waals surface area contributed by atoms with Gasteiger partial charge in [0, 0.05) is 10.9 Å². The second kappa shape index (κ2) is 4.16. The summed E-state index contributed by atoms with van der Waals surface area (Å²) in [6.07, 6.45) is 0.755. The standard InChI is InChI=1S/C11H9BrN4O2/c12-6-1-2-7-8(5-6)15-16(14-7)9-3-4-10(17)13-11(9)18/h1-2,5,9H,3-4H2,(H,13,17,18). The molecule has 1 aliphatic heterocycles. The van der Waals surface area contributed by atoms with Gasteiger partial charge in [-0.1, -0.05) is 15.9 Å². The van der Waals surface area contributed by atoms with Gasteiger partial charge in [-0.05, 0) is 24.6 Å². The number of hydrogen-bond acceptors (Lipinski definition) is 4. The van der Waals surface area contributed by atoms with Gasteiger partial charge in [-0.2, -0.15) is 15.0 Å². The molecule has 1 atom stereocenters. The first kappa shape index (κ1) is 11.3. The zero-order chi connectivity index (χ0) is 12.7. The number of carbonyl (C=O) groups is 2. The molecule has 0 spiro atoms. The predicted octanol–water partition coefficient (Wildman–Crippen LogP) is 1.17. The summed E-state index contributed by atoms with van der Waals surface area (Å²) in [5.41, 5.74) is 1.44. The molecule has 1 aliphatic rings. The zero-order valence-corrected chi connectivity index (χ0v) is 10.8. The highest BCUT2D eigenvalue weighted by atomic mass is 79.9. The summed E-state index contributed by atoms with van der Waals surface area (Å²) in [5.74, 6) is -0.582. The number of piperidine rings is 1. The summed E-state index contributed by atoms with van der Waals surface area (Å²) in [5, 5.41) is 10.8. The lowest BCUT2D eigenvalue weighted by molar-refractivity contribution is -0.136. The highest BCUT2D eigenvalue weighted by Crippen LogP contribution is 2.21. The van der Waals surface area contributed by atoms with E-state index in [4.69, 9.17) is 0 Å². The molecule has 1 unspecified atom stereocenters. The van der Waals surface area contributed by atoms with Crippen LogP contribution in [0.5, 0.6) is 0 Å². The third-order valence-corrected chi connectivity index (χ3v) is 3.34. The van der Waals surface area contributed by atoms with Gasteiger partial charge in [-0.3, -0.25) is 14.9 Å². The summed E-state index contributed by atoms with van der Waals surface area (Å²) in [6, 6.07) is 5.03. The predicted molar refractivity (Wildman–Crippen MR) is 66.6 cm³/mol. The number of nitrogens with zero attached hydrogens (tertiary/aromatic N) is 3. The largest absolute Gasteiger partial charge is 0.295 e. The molecule has 92 valence electrons. The molecule has 3 rings (SSSR count). The van der Waals surface area contributed by atoms with Crippen molar-refractivity contribution in [3.8, 4) is 0 Å². The lowest BCUT2D eigenvalue weighted by Crippen LogP contribution is -2.42. The molecule has 7 heteroatoms. The van der Waals surface area contributed by atoms with E-state index < -0.39 is 6.04 Å². The number of imide groups is 1. The van der Waals surface area contributed by atoms with Crippen LogP contribution in [0, 0.1) is 0 Å². The Morgan fingerprint density at radius 3 is 2.83 bits per heavy atom. The average Bonchev–Trinajstić information content (AvgIpc) is 2.71. The number of hydrogen-bond donors (Lipinski definition) is 1. The van der Waals surface area contributed by atoms with Crippen molar-refractivity contribution in [1.29, 1.82) is 0 Å². The van der Waals surface area contributed by atoms with Crippen molar-refractivity contribution in [3.05, 3.63) is 22.7 Å². The number of rotatable bonds is 1. The minimum absolute atomic E-state index is 0.240. The molecule has 0 bridgehead atoms.